The molecule has 0 aliphatic heterocycles. The van der Waals surface area contributed by atoms with Crippen molar-refractivity contribution in [1.82, 2.24) is 23.9 Å². The van der Waals surface area contributed by atoms with Crippen molar-refractivity contribution >= 4 is 81.4 Å². The van der Waals surface area contributed by atoms with Crippen LogP contribution in [0.3, 0.4) is 0 Å². The maximum Gasteiger partial charge on any atom is 0.164 e. The first-order valence-electron chi connectivity index (χ1n) is 23.9. The summed E-state index contributed by atoms with van der Waals surface area (Å²) in [6.07, 6.45) is 0. The third kappa shape index (κ3) is 4.38. The van der Waals surface area contributed by atoms with E-state index < -0.39 is 60.4 Å². The minimum atomic E-state index is -0.606. The molecule has 0 aliphatic rings. The molecule has 0 spiro atoms. The topological polar surface area (TPSA) is 48.0 Å². The number of rotatable bonds is 4. The van der Waals surface area contributed by atoms with Crippen LogP contribution in [0.25, 0.3) is 121 Å². The normalized spacial score (nSPS) is 14.6. The van der Waals surface area contributed by atoms with Crippen molar-refractivity contribution in [2.24, 2.45) is 0 Å². The molecule has 0 atom stereocenters. The number of para-hydroxylation sites is 2. The third-order valence-corrected chi connectivity index (χ3v) is 11.4. The van der Waals surface area contributed by atoms with E-state index in [0.29, 0.717) is 10.9 Å². The summed E-state index contributed by atoms with van der Waals surface area (Å²) in [5.41, 5.74) is 6.02. The fraction of sp³-hybridized carbons (Fsp3) is 0. The van der Waals surface area contributed by atoms with Gasteiger partial charge in [0.1, 0.15) is 0 Å². The predicted molar refractivity (Wildman–Crippen MR) is 240 cm³/mol. The van der Waals surface area contributed by atoms with E-state index in [0.717, 1.165) is 60.1 Å². The Kier molecular flexibility index (Phi) is 4.73. The molecule has 13 rings (SSSR count). The standard InChI is InChI=1S/C53H31N5/c1-3-14-32(15-4-1)51-54-52(33-16-5-2-6-17-33)56-53(55-51)41-26-27-46(37-21-10-9-20-36(37)41)57-47-29-35-19-8-7-18-34(35)28-42(47)44-30-43-40-24-13-23-39-38-22-11-12-25-45(38)58(50(39)40)49(43)31-48(44)57/h1-31H/i1D,2D,3D,4D,5D,6D,14D,15D,16D,17D. The second-order valence-corrected chi connectivity index (χ2v) is 14.5. The largest absolute Gasteiger partial charge is 0.309 e. The Hall–Kier alpha value is -7.89. The zero-order chi connectivity index (χ0) is 46.6. The lowest BCUT2D eigenvalue weighted by Crippen LogP contribution is -2.01. The Morgan fingerprint density at radius 1 is 0.379 bits per heavy atom. The lowest BCUT2D eigenvalue weighted by molar-refractivity contribution is 1.08. The second-order valence-electron chi connectivity index (χ2n) is 14.5. The van der Waals surface area contributed by atoms with E-state index in [1.807, 2.05) is 48.5 Å². The van der Waals surface area contributed by atoms with Gasteiger partial charge in [-0.25, -0.2) is 15.0 Å². The van der Waals surface area contributed by atoms with Gasteiger partial charge in [-0.15, -0.1) is 0 Å². The molecule has 0 unspecified atom stereocenters. The van der Waals surface area contributed by atoms with Crippen molar-refractivity contribution in [3.8, 4) is 39.9 Å². The molecule has 13 aromatic rings. The zero-order valence-corrected chi connectivity index (χ0v) is 30.4. The second kappa shape index (κ2) is 11.8. The van der Waals surface area contributed by atoms with Crippen molar-refractivity contribution in [3.63, 3.8) is 0 Å². The Morgan fingerprint density at radius 3 is 1.67 bits per heavy atom. The van der Waals surface area contributed by atoms with Crippen LogP contribution in [0.1, 0.15) is 13.7 Å². The summed E-state index contributed by atoms with van der Waals surface area (Å²) in [6, 6.07) is 38.1. The van der Waals surface area contributed by atoms with Gasteiger partial charge in [0.2, 0.25) is 0 Å². The van der Waals surface area contributed by atoms with Crippen molar-refractivity contribution < 1.29 is 13.7 Å². The van der Waals surface area contributed by atoms with Crippen LogP contribution in [0.15, 0.2) is 188 Å². The summed E-state index contributed by atoms with van der Waals surface area (Å²) >= 11 is 0. The van der Waals surface area contributed by atoms with Gasteiger partial charge in [0.25, 0.3) is 0 Å². The first kappa shape index (κ1) is 23.2. The zero-order valence-electron chi connectivity index (χ0n) is 40.4. The van der Waals surface area contributed by atoms with Crippen LogP contribution >= 0.6 is 0 Å². The van der Waals surface area contributed by atoms with Crippen LogP contribution in [-0.4, -0.2) is 23.9 Å². The van der Waals surface area contributed by atoms with E-state index in [4.69, 9.17) is 23.7 Å². The molecule has 0 saturated heterocycles. The van der Waals surface area contributed by atoms with Crippen LogP contribution in [0, 0.1) is 0 Å². The van der Waals surface area contributed by atoms with Gasteiger partial charge in [0.15, 0.2) is 17.5 Å². The molecule has 4 heterocycles. The van der Waals surface area contributed by atoms with Gasteiger partial charge < -0.3 is 8.97 Å². The van der Waals surface area contributed by atoms with Crippen molar-refractivity contribution in [2.45, 2.75) is 0 Å². The quantitative estimate of drug-likeness (QED) is 0.180. The smallest absolute Gasteiger partial charge is 0.164 e. The van der Waals surface area contributed by atoms with E-state index in [-0.39, 0.29) is 28.6 Å². The maximum absolute atomic E-state index is 8.84. The highest BCUT2D eigenvalue weighted by Gasteiger charge is 2.23. The number of fused-ring (bicyclic) bond motifs is 11. The van der Waals surface area contributed by atoms with Gasteiger partial charge in [-0.3, -0.25) is 0 Å². The fourth-order valence-electron chi connectivity index (χ4n) is 9.00. The van der Waals surface area contributed by atoms with Crippen LogP contribution in [0.2, 0.25) is 0 Å². The molecule has 0 bridgehead atoms. The highest BCUT2D eigenvalue weighted by atomic mass is 15.0. The molecule has 9 aromatic carbocycles. The van der Waals surface area contributed by atoms with Gasteiger partial charge >= 0.3 is 0 Å². The summed E-state index contributed by atoms with van der Waals surface area (Å²) < 4.78 is 90.3. The molecular weight excluding hydrogens is 707 g/mol. The molecule has 268 valence electrons. The number of nitrogens with zero attached hydrogens (tertiary/aromatic N) is 5. The minimum absolute atomic E-state index is 0.00123. The first-order valence-corrected chi connectivity index (χ1v) is 18.9. The Labute approximate surface area is 346 Å². The van der Waals surface area contributed by atoms with Gasteiger partial charge in [-0.05, 0) is 58.6 Å². The first-order chi connectivity index (χ1) is 32.9. The molecule has 58 heavy (non-hydrogen) atoms. The van der Waals surface area contributed by atoms with Crippen molar-refractivity contribution in [3.05, 3.63) is 188 Å². The molecule has 4 aromatic heterocycles. The summed E-state index contributed by atoms with van der Waals surface area (Å²) in [5.74, 6) is -0.644. The van der Waals surface area contributed by atoms with Gasteiger partial charge in [0.05, 0.1) is 47.0 Å². The predicted octanol–water partition coefficient (Wildman–Crippen LogP) is 13.4. The molecule has 5 nitrogen and oxygen atoms in total. The summed E-state index contributed by atoms with van der Waals surface area (Å²) in [5, 5.41) is 10.5. The van der Waals surface area contributed by atoms with Crippen LogP contribution < -0.4 is 0 Å². The molecule has 0 N–H and O–H groups in total. The molecule has 0 saturated carbocycles. The SMILES string of the molecule is [2H]c1c([2H])c([2H])c(-c2nc(-c3c([2H])c([2H])c([2H])c([2H])c3[2H])nc(-c3ccc(-n4c5cc6ccccc6cc5c5cc6c7cccc8c9ccccc9n(c6cc54)c87)c4ccccc34)n2)c([2H])c1[2H]. The maximum atomic E-state index is 8.84. The summed E-state index contributed by atoms with van der Waals surface area (Å²) in [6.45, 7) is 0. The Morgan fingerprint density at radius 2 is 0.931 bits per heavy atom. The third-order valence-electron chi connectivity index (χ3n) is 11.4. The number of aromatic nitrogens is 5. The van der Waals surface area contributed by atoms with Gasteiger partial charge in [-0.2, -0.15) is 0 Å². The molecule has 0 aliphatic carbocycles. The number of benzene rings is 9. The number of hydrogen-bond donors (Lipinski definition) is 0. The minimum Gasteiger partial charge on any atom is -0.309 e. The lowest BCUT2D eigenvalue weighted by atomic mass is 10.0. The van der Waals surface area contributed by atoms with Gasteiger partial charge in [-0.1, -0.05) is 145 Å². The van der Waals surface area contributed by atoms with E-state index in [2.05, 4.69) is 92.8 Å². The highest BCUT2D eigenvalue weighted by Crippen LogP contribution is 2.44. The Bertz CT molecular complexity index is 4260. The van der Waals surface area contributed by atoms with Gasteiger partial charge in [0, 0.05) is 54.4 Å². The van der Waals surface area contributed by atoms with E-state index in [1.165, 1.54) is 21.7 Å². The molecule has 0 radical (unpaired) electrons. The average Bonchev–Trinajstić information content (AvgIpc) is 3.99. The molecular formula is C53H31N5. The Balaban J connectivity index is 1.12. The van der Waals surface area contributed by atoms with E-state index >= 15 is 0 Å². The highest BCUT2D eigenvalue weighted by molar-refractivity contribution is 6.27. The molecule has 5 heteroatoms. The van der Waals surface area contributed by atoms with Crippen molar-refractivity contribution in [2.75, 3.05) is 0 Å². The average molecular weight is 748 g/mol. The van der Waals surface area contributed by atoms with Crippen molar-refractivity contribution in [1.29, 1.82) is 0 Å². The van der Waals surface area contributed by atoms with Crippen LogP contribution in [0.4, 0.5) is 0 Å². The molecule has 0 fully saturated rings. The van der Waals surface area contributed by atoms with E-state index in [9.17, 15) is 0 Å². The fourth-order valence-corrected chi connectivity index (χ4v) is 9.00. The summed E-state index contributed by atoms with van der Waals surface area (Å²) in [7, 11) is 0. The summed E-state index contributed by atoms with van der Waals surface area (Å²) in [4.78, 5) is 14.1. The molecule has 0 amide bonds. The lowest BCUT2D eigenvalue weighted by Gasteiger charge is -2.15. The number of hydrogen-bond acceptors (Lipinski definition) is 3. The van der Waals surface area contributed by atoms with Crippen LogP contribution in [-0.2, 0) is 0 Å². The van der Waals surface area contributed by atoms with Crippen LogP contribution in [0.5, 0.6) is 0 Å². The van der Waals surface area contributed by atoms with E-state index in [1.54, 1.807) is 0 Å². The monoisotopic (exact) mass is 747 g/mol.